The Balaban J connectivity index is 0.000000212. The number of unbranched alkanes of at least 4 members (excludes halogenated alkanes) is 2. The number of rotatable bonds is 22. The second kappa shape index (κ2) is 30.6. The highest BCUT2D eigenvalue weighted by Gasteiger charge is 2.40. The molecule has 4 saturated heterocycles. The number of hydrogen-bond donors (Lipinski definition) is 6. The predicted molar refractivity (Wildman–Crippen MR) is 312 cm³/mol. The number of hydrogen-bond acceptors (Lipinski definition) is 11. The van der Waals surface area contributed by atoms with Gasteiger partial charge >= 0.3 is 18.2 Å². The maximum Gasteiger partial charge on any atom is 0.408 e. The Labute approximate surface area is 477 Å². The van der Waals surface area contributed by atoms with Crippen LogP contribution in [0.5, 0.6) is 0 Å². The fourth-order valence-corrected chi connectivity index (χ4v) is 10.8. The number of aromatic nitrogens is 2. The minimum atomic E-state index is -1.01. The zero-order valence-corrected chi connectivity index (χ0v) is 49.1. The van der Waals surface area contributed by atoms with Crippen LogP contribution in [0.1, 0.15) is 155 Å². The summed E-state index contributed by atoms with van der Waals surface area (Å²) in [7, 11) is 0. The number of piperidine rings is 2. The van der Waals surface area contributed by atoms with Crippen LogP contribution in [0.25, 0.3) is 21.8 Å². The Morgan fingerprint density at radius 2 is 1.09 bits per heavy atom. The number of carbonyl (C=O) groups is 6. The number of Topliss-reactive ketones (excluding diaryl/α,β-unsaturated/α-hetero) is 2. The van der Waals surface area contributed by atoms with Gasteiger partial charge in [-0.2, -0.15) is 0 Å². The summed E-state index contributed by atoms with van der Waals surface area (Å²) >= 11 is 12.3. The van der Waals surface area contributed by atoms with Gasteiger partial charge in [0.1, 0.15) is 29.1 Å². The van der Waals surface area contributed by atoms with Crippen LogP contribution in [-0.2, 0) is 41.5 Å². The molecule has 0 spiro atoms. The molecule has 3 amide bonds. The van der Waals surface area contributed by atoms with Crippen molar-refractivity contribution in [1.29, 1.82) is 0 Å². The van der Waals surface area contributed by atoms with E-state index in [0.29, 0.717) is 55.9 Å². The summed E-state index contributed by atoms with van der Waals surface area (Å²) in [5, 5.41) is 20.9. The van der Waals surface area contributed by atoms with E-state index in [0.717, 1.165) is 122 Å². The zero-order chi connectivity index (χ0) is 57.1. The Kier molecular flexibility index (Phi) is 24.4. The SMILES string of the molecule is CC(C)(C)OC(=O)N[C@H](CCCCN1CCCCC1)C(=O)N1CC[C@H]1C(=O)CCc1ccc2[nH]cc(Cl)c2c1.CC(C)(C)OC(=O)N[C@H](CCCCN1CCCCC1)C(=O)O.O=C(CCc1ccc2[nH]cc(Cl)c2c1)[C@@H]1CCN1. The minimum Gasteiger partial charge on any atom is -0.480 e. The van der Waals surface area contributed by atoms with Crippen molar-refractivity contribution in [3.05, 3.63) is 70.0 Å². The smallest absolute Gasteiger partial charge is 0.408 e. The van der Waals surface area contributed by atoms with Gasteiger partial charge in [-0.3, -0.25) is 14.4 Å². The summed E-state index contributed by atoms with van der Waals surface area (Å²) in [6.45, 7) is 18.8. The summed E-state index contributed by atoms with van der Waals surface area (Å²) < 4.78 is 10.5. The molecule has 4 atom stereocenters. The quantitative estimate of drug-likeness (QED) is 0.0405. The van der Waals surface area contributed by atoms with Crippen molar-refractivity contribution in [2.75, 3.05) is 52.4 Å². The lowest BCUT2D eigenvalue weighted by atomic mass is 9.92. The molecule has 4 aliphatic rings. The largest absolute Gasteiger partial charge is 0.480 e. The number of ether oxygens (including phenoxy) is 2. The number of nitrogens with zero attached hydrogens (tertiary/aromatic N) is 3. The van der Waals surface area contributed by atoms with Gasteiger partial charge in [-0.25, -0.2) is 14.4 Å². The van der Waals surface area contributed by atoms with Crippen LogP contribution < -0.4 is 16.0 Å². The molecule has 0 radical (unpaired) electrons. The highest BCUT2D eigenvalue weighted by atomic mass is 35.5. The fourth-order valence-electron chi connectivity index (χ4n) is 10.4. The van der Waals surface area contributed by atoms with Crippen LogP contribution >= 0.6 is 23.2 Å². The first kappa shape index (κ1) is 63.0. The van der Waals surface area contributed by atoms with Gasteiger partial charge in [0.25, 0.3) is 0 Å². The molecule has 4 fully saturated rings. The van der Waals surface area contributed by atoms with Crippen molar-refractivity contribution in [1.82, 2.24) is 40.6 Å². The van der Waals surface area contributed by atoms with Gasteiger partial charge in [0, 0.05) is 53.6 Å². The average molecular weight is 1140 g/mol. The van der Waals surface area contributed by atoms with Gasteiger partial charge in [0.15, 0.2) is 5.78 Å². The van der Waals surface area contributed by atoms with Crippen molar-refractivity contribution in [3.8, 4) is 0 Å². The second-order valence-electron chi connectivity index (χ2n) is 23.6. The number of carboxylic acid groups (broad SMARTS) is 1. The first-order valence-corrected chi connectivity index (χ1v) is 29.6. The first-order chi connectivity index (χ1) is 37.6. The molecule has 17 nitrogen and oxygen atoms in total. The Morgan fingerprint density at radius 3 is 1.51 bits per heavy atom. The van der Waals surface area contributed by atoms with Crippen molar-refractivity contribution < 1.29 is 43.3 Å². The molecule has 4 aliphatic heterocycles. The van der Waals surface area contributed by atoms with Gasteiger partial charge < -0.3 is 55.2 Å². The third-order valence-electron chi connectivity index (χ3n) is 14.9. The van der Waals surface area contributed by atoms with Crippen LogP contribution in [0.15, 0.2) is 48.8 Å². The number of fused-ring (bicyclic) bond motifs is 2. The molecular formula is C60H88Cl2N8O9. The van der Waals surface area contributed by atoms with Gasteiger partial charge in [-0.05, 0) is 213 Å². The van der Waals surface area contributed by atoms with E-state index in [-0.39, 0.29) is 17.7 Å². The van der Waals surface area contributed by atoms with E-state index in [9.17, 15) is 33.9 Å². The lowest BCUT2D eigenvalue weighted by molar-refractivity contribution is -0.148. The number of amides is 3. The van der Waals surface area contributed by atoms with E-state index in [1.807, 2.05) is 24.3 Å². The predicted octanol–water partition coefficient (Wildman–Crippen LogP) is 10.8. The van der Waals surface area contributed by atoms with Gasteiger partial charge in [0.2, 0.25) is 5.91 Å². The molecule has 436 valence electrons. The monoisotopic (exact) mass is 1130 g/mol. The van der Waals surface area contributed by atoms with E-state index in [2.05, 4.69) is 47.9 Å². The topological polar surface area (TPSA) is 218 Å². The molecule has 4 aromatic rings. The van der Waals surface area contributed by atoms with Gasteiger partial charge in [0.05, 0.1) is 22.1 Å². The van der Waals surface area contributed by atoms with E-state index in [1.54, 1.807) is 58.8 Å². The summed E-state index contributed by atoms with van der Waals surface area (Å²) in [6.07, 6.45) is 18.4. The first-order valence-electron chi connectivity index (χ1n) is 28.9. The number of nitrogens with one attached hydrogen (secondary N) is 5. The van der Waals surface area contributed by atoms with Crippen LogP contribution in [0.2, 0.25) is 10.0 Å². The summed E-state index contributed by atoms with van der Waals surface area (Å²) in [4.78, 5) is 86.7. The Morgan fingerprint density at radius 1 is 0.633 bits per heavy atom. The van der Waals surface area contributed by atoms with Crippen LogP contribution in [0.4, 0.5) is 9.59 Å². The number of H-pyrrole nitrogens is 2. The molecular weight excluding hydrogens is 1050 g/mol. The Bertz CT molecular complexity index is 2630. The third kappa shape index (κ3) is 21.0. The number of halogens is 2. The number of ketones is 2. The van der Waals surface area contributed by atoms with Crippen molar-refractivity contribution in [3.63, 3.8) is 0 Å². The molecule has 19 heteroatoms. The minimum absolute atomic E-state index is 0.0518. The summed E-state index contributed by atoms with van der Waals surface area (Å²) in [5.74, 6) is -0.828. The summed E-state index contributed by atoms with van der Waals surface area (Å²) in [5.41, 5.74) is 2.92. The molecule has 6 N–H and O–H groups in total. The normalized spacial score (nSPS) is 18.6. The van der Waals surface area contributed by atoms with Crippen LogP contribution in [-0.4, -0.2) is 153 Å². The molecule has 2 aromatic carbocycles. The van der Waals surface area contributed by atoms with Crippen molar-refractivity contribution >= 4 is 80.6 Å². The molecule has 0 aliphatic carbocycles. The molecule has 2 aromatic heterocycles. The highest BCUT2D eigenvalue weighted by Crippen LogP contribution is 2.28. The standard InChI is InChI=1S/C30H43ClN4O4.C16H30N2O4.C14H15ClN2O/c1-30(2,3)39-29(38)33-25(9-5-8-17-34-15-6-4-7-16-34)28(37)35-18-14-26(35)27(36)13-11-21-10-12-24-22(19-21)23(31)20-32-24;1-16(2,3)22-15(21)17-13(14(19)20)9-5-8-12-18-10-6-4-7-11-18;15-11-8-17-12-3-1-9(7-10(11)12)2-4-14(18)13-5-6-16-13/h10,12,19-20,25-26,32H,4-9,11,13-18H2,1-3H3,(H,33,38);13H,4-12H2,1-3H3,(H,17,21)(H,19,20);1,3,7-8,13,16-17H,2,4-6H2/t25-,26+;2*13-/m110/s1. The molecule has 0 saturated carbocycles. The van der Waals surface area contributed by atoms with Crippen LogP contribution in [0.3, 0.4) is 0 Å². The van der Waals surface area contributed by atoms with Crippen molar-refractivity contribution in [2.45, 2.75) is 192 Å². The number of benzene rings is 2. The number of carboxylic acids is 1. The van der Waals surface area contributed by atoms with Gasteiger partial charge in [-0.15, -0.1) is 0 Å². The number of aryl methyl sites for hydroxylation is 2. The van der Waals surface area contributed by atoms with Gasteiger partial charge in [-0.1, -0.05) is 48.2 Å². The highest BCUT2D eigenvalue weighted by molar-refractivity contribution is 6.36. The maximum absolute atomic E-state index is 13.5. The number of carbonyl (C=O) groups excluding carboxylic acids is 5. The summed E-state index contributed by atoms with van der Waals surface area (Å²) in [6, 6.07) is 10.2. The second-order valence-corrected chi connectivity index (χ2v) is 24.4. The van der Waals surface area contributed by atoms with E-state index >= 15 is 0 Å². The van der Waals surface area contributed by atoms with E-state index in [4.69, 9.17) is 32.7 Å². The number of aromatic amines is 2. The van der Waals surface area contributed by atoms with E-state index < -0.39 is 47.5 Å². The number of likely N-dealkylation sites (tertiary alicyclic amines) is 3. The molecule has 6 heterocycles. The molecule has 0 unspecified atom stereocenters. The molecule has 8 rings (SSSR count). The number of aliphatic carboxylic acids is 1. The maximum atomic E-state index is 13.5. The average Bonchev–Trinajstić information content (AvgIpc) is 3.95. The Hall–Kier alpha value is -5.20. The molecule has 79 heavy (non-hydrogen) atoms. The third-order valence-corrected chi connectivity index (χ3v) is 15.5. The fraction of sp³-hybridized carbons (Fsp3) is 0.633. The lowest BCUT2D eigenvalue weighted by Crippen LogP contribution is -2.60. The zero-order valence-electron chi connectivity index (χ0n) is 47.6. The van der Waals surface area contributed by atoms with Crippen LogP contribution in [0, 0.1) is 0 Å². The lowest BCUT2D eigenvalue weighted by Gasteiger charge is -2.42. The van der Waals surface area contributed by atoms with Crippen molar-refractivity contribution in [2.24, 2.45) is 0 Å². The molecule has 0 bridgehead atoms. The number of alkyl carbamates (subject to hydrolysis) is 2. The van der Waals surface area contributed by atoms with E-state index in [1.165, 1.54) is 38.5 Å².